The molecule has 1 saturated carbocycles. The Bertz CT molecular complexity index is 497. The van der Waals surface area contributed by atoms with Gasteiger partial charge in [-0.2, -0.15) is 0 Å². The molecule has 0 aliphatic heterocycles. The predicted molar refractivity (Wildman–Crippen MR) is 73.3 cm³/mol. The van der Waals surface area contributed by atoms with Gasteiger partial charge < -0.3 is 14.7 Å². The lowest BCUT2D eigenvalue weighted by Crippen LogP contribution is -2.28. The van der Waals surface area contributed by atoms with Gasteiger partial charge in [0.2, 0.25) is 5.91 Å². The molecule has 1 aromatic carbocycles. The van der Waals surface area contributed by atoms with Gasteiger partial charge in [-0.3, -0.25) is 9.59 Å². The number of carbonyl (C=O) groups is 2. The highest BCUT2D eigenvalue weighted by atomic mass is 16.5. The average Bonchev–Trinajstić information content (AvgIpc) is 3.21. The standard InChI is InChI=1S/C15H19NO4/c1-3-20-11-6-4-10(5-7-11)9-16(2)14(17)12-8-13(12)15(18)19/h4-7,12-13H,3,8-9H2,1-2H3,(H,18,19). The van der Waals surface area contributed by atoms with Crippen LogP contribution in [0.1, 0.15) is 18.9 Å². The third kappa shape index (κ3) is 3.29. The monoisotopic (exact) mass is 277 g/mol. The van der Waals surface area contributed by atoms with Crippen LogP contribution in [-0.4, -0.2) is 35.5 Å². The van der Waals surface area contributed by atoms with Crippen LogP contribution in [0.4, 0.5) is 0 Å². The van der Waals surface area contributed by atoms with Gasteiger partial charge in [0, 0.05) is 13.6 Å². The quantitative estimate of drug-likeness (QED) is 0.860. The molecular formula is C15H19NO4. The molecule has 0 heterocycles. The Morgan fingerprint density at radius 2 is 1.95 bits per heavy atom. The molecule has 1 aliphatic rings. The van der Waals surface area contributed by atoms with Crippen molar-refractivity contribution in [1.29, 1.82) is 0 Å². The summed E-state index contributed by atoms with van der Waals surface area (Å²) in [5.74, 6) is -1.01. The molecule has 5 heteroatoms. The zero-order valence-electron chi connectivity index (χ0n) is 11.7. The lowest BCUT2D eigenvalue weighted by molar-refractivity contribution is -0.141. The highest BCUT2D eigenvalue weighted by Crippen LogP contribution is 2.40. The summed E-state index contributed by atoms with van der Waals surface area (Å²) in [5.41, 5.74) is 0.997. The first-order valence-electron chi connectivity index (χ1n) is 6.72. The average molecular weight is 277 g/mol. The molecule has 1 N–H and O–H groups in total. The van der Waals surface area contributed by atoms with Crippen molar-refractivity contribution in [2.75, 3.05) is 13.7 Å². The van der Waals surface area contributed by atoms with Gasteiger partial charge in [0.25, 0.3) is 0 Å². The summed E-state index contributed by atoms with van der Waals surface area (Å²) < 4.78 is 5.36. The summed E-state index contributed by atoms with van der Waals surface area (Å²) in [6, 6.07) is 7.56. The molecule has 2 rings (SSSR count). The number of carboxylic acid groups (broad SMARTS) is 1. The number of hydrogen-bond donors (Lipinski definition) is 1. The van der Waals surface area contributed by atoms with Gasteiger partial charge >= 0.3 is 5.97 Å². The molecule has 5 nitrogen and oxygen atoms in total. The van der Waals surface area contributed by atoms with Gasteiger partial charge in [-0.05, 0) is 31.0 Å². The largest absolute Gasteiger partial charge is 0.494 e. The van der Waals surface area contributed by atoms with Crippen LogP contribution in [0.5, 0.6) is 5.75 Å². The maximum absolute atomic E-state index is 12.0. The van der Waals surface area contributed by atoms with Crippen LogP contribution in [0.25, 0.3) is 0 Å². The Morgan fingerprint density at radius 3 is 2.45 bits per heavy atom. The maximum atomic E-state index is 12.0. The van der Waals surface area contributed by atoms with E-state index in [1.807, 2.05) is 31.2 Å². The number of aliphatic carboxylic acids is 1. The lowest BCUT2D eigenvalue weighted by Gasteiger charge is -2.17. The molecule has 2 atom stereocenters. The van der Waals surface area contributed by atoms with E-state index in [9.17, 15) is 9.59 Å². The maximum Gasteiger partial charge on any atom is 0.307 e. The Balaban J connectivity index is 1.89. The molecular weight excluding hydrogens is 258 g/mol. The summed E-state index contributed by atoms with van der Waals surface area (Å²) >= 11 is 0. The Hall–Kier alpha value is -2.04. The van der Waals surface area contributed by atoms with Crippen molar-refractivity contribution in [3.63, 3.8) is 0 Å². The Kier molecular flexibility index (Phi) is 4.27. The minimum absolute atomic E-state index is 0.0914. The van der Waals surface area contributed by atoms with Crippen molar-refractivity contribution in [3.05, 3.63) is 29.8 Å². The summed E-state index contributed by atoms with van der Waals surface area (Å²) in [6.07, 6.45) is 0.460. The molecule has 1 amide bonds. The number of amides is 1. The third-order valence-corrected chi connectivity index (χ3v) is 3.46. The van der Waals surface area contributed by atoms with Crippen molar-refractivity contribution >= 4 is 11.9 Å². The van der Waals surface area contributed by atoms with E-state index >= 15 is 0 Å². The smallest absolute Gasteiger partial charge is 0.307 e. The van der Waals surface area contributed by atoms with Gasteiger partial charge in [-0.15, -0.1) is 0 Å². The molecule has 0 spiro atoms. The van der Waals surface area contributed by atoms with E-state index in [4.69, 9.17) is 9.84 Å². The topological polar surface area (TPSA) is 66.8 Å². The Labute approximate surface area is 118 Å². The van der Waals surface area contributed by atoms with Crippen molar-refractivity contribution in [1.82, 2.24) is 4.90 Å². The second-order valence-corrected chi connectivity index (χ2v) is 5.06. The number of carboxylic acids is 1. The number of hydrogen-bond acceptors (Lipinski definition) is 3. The van der Waals surface area contributed by atoms with Crippen LogP contribution in [0.3, 0.4) is 0 Å². The zero-order valence-corrected chi connectivity index (χ0v) is 11.7. The van der Waals surface area contributed by atoms with E-state index in [2.05, 4.69) is 0 Å². The van der Waals surface area contributed by atoms with Crippen LogP contribution >= 0.6 is 0 Å². The Morgan fingerprint density at radius 1 is 1.30 bits per heavy atom. The minimum Gasteiger partial charge on any atom is -0.494 e. The van der Waals surface area contributed by atoms with E-state index in [-0.39, 0.29) is 11.8 Å². The van der Waals surface area contributed by atoms with Crippen LogP contribution in [0, 0.1) is 11.8 Å². The molecule has 1 aromatic rings. The van der Waals surface area contributed by atoms with E-state index in [1.165, 1.54) is 0 Å². The molecule has 20 heavy (non-hydrogen) atoms. The van der Waals surface area contributed by atoms with E-state index in [1.54, 1.807) is 11.9 Å². The number of carbonyl (C=O) groups excluding carboxylic acids is 1. The van der Waals surface area contributed by atoms with Crippen LogP contribution in [-0.2, 0) is 16.1 Å². The van der Waals surface area contributed by atoms with Crippen LogP contribution < -0.4 is 4.74 Å². The van der Waals surface area contributed by atoms with Crippen molar-refractivity contribution < 1.29 is 19.4 Å². The van der Waals surface area contributed by atoms with Gasteiger partial charge in [-0.1, -0.05) is 12.1 Å². The summed E-state index contributed by atoms with van der Waals surface area (Å²) in [6.45, 7) is 3.03. The normalized spacial score (nSPS) is 20.3. The molecule has 0 bridgehead atoms. The second kappa shape index (κ2) is 5.94. The van der Waals surface area contributed by atoms with Gasteiger partial charge in [0.05, 0.1) is 18.4 Å². The summed E-state index contributed by atoms with van der Waals surface area (Å²) in [5, 5.41) is 8.84. The molecule has 2 unspecified atom stereocenters. The van der Waals surface area contributed by atoms with Crippen LogP contribution in [0.15, 0.2) is 24.3 Å². The minimum atomic E-state index is -0.877. The van der Waals surface area contributed by atoms with Crippen molar-refractivity contribution in [2.24, 2.45) is 11.8 Å². The van der Waals surface area contributed by atoms with Crippen molar-refractivity contribution in [2.45, 2.75) is 19.9 Å². The van der Waals surface area contributed by atoms with Crippen LogP contribution in [0.2, 0.25) is 0 Å². The number of nitrogens with zero attached hydrogens (tertiary/aromatic N) is 1. The van der Waals surface area contributed by atoms with E-state index in [0.717, 1.165) is 11.3 Å². The number of benzene rings is 1. The first-order chi connectivity index (χ1) is 9.52. The van der Waals surface area contributed by atoms with E-state index < -0.39 is 11.9 Å². The third-order valence-electron chi connectivity index (χ3n) is 3.46. The molecule has 1 aliphatic carbocycles. The first-order valence-corrected chi connectivity index (χ1v) is 6.72. The van der Waals surface area contributed by atoms with Gasteiger partial charge in [0.15, 0.2) is 0 Å². The van der Waals surface area contributed by atoms with E-state index in [0.29, 0.717) is 19.6 Å². The molecule has 0 radical (unpaired) electrons. The number of rotatable bonds is 6. The highest BCUT2D eigenvalue weighted by Gasteiger charge is 2.49. The SMILES string of the molecule is CCOc1ccc(CN(C)C(=O)C2CC2C(=O)O)cc1. The molecule has 0 saturated heterocycles. The zero-order chi connectivity index (χ0) is 14.7. The van der Waals surface area contributed by atoms with Gasteiger partial charge in [0.1, 0.15) is 5.75 Å². The predicted octanol–water partition coefficient (Wildman–Crippen LogP) is 1.76. The molecule has 108 valence electrons. The van der Waals surface area contributed by atoms with Gasteiger partial charge in [-0.25, -0.2) is 0 Å². The second-order valence-electron chi connectivity index (χ2n) is 5.06. The fourth-order valence-corrected chi connectivity index (χ4v) is 2.23. The first kappa shape index (κ1) is 14.4. The fraction of sp³-hybridized carbons (Fsp3) is 0.467. The summed E-state index contributed by atoms with van der Waals surface area (Å²) in [7, 11) is 1.70. The number of ether oxygens (including phenoxy) is 1. The molecule has 1 fully saturated rings. The molecule has 0 aromatic heterocycles. The highest BCUT2D eigenvalue weighted by molar-refractivity contribution is 5.89. The van der Waals surface area contributed by atoms with Crippen molar-refractivity contribution in [3.8, 4) is 5.75 Å². The summed E-state index contributed by atoms with van der Waals surface area (Å²) in [4.78, 5) is 24.4. The fourth-order valence-electron chi connectivity index (χ4n) is 2.23. The lowest BCUT2D eigenvalue weighted by atomic mass is 10.2.